The zero-order valence-electron chi connectivity index (χ0n) is 9.32. The summed E-state index contributed by atoms with van der Waals surface area (Å²) in [5, 5.41) is 0. The van der Waals surface area contributed by atoms with Gasteiger partial charge in [-0.3, -0.25) is 0 Å². The van der Waals surface area contributed by atoms with Gasteiger partial charge in [-0.05, 0) is 0 Å². The Balaban J connectivity index is 1.72. The standard InChI is InChI=1S/C13H14O4/c14-7-6-10-8-15-13-11(10)16-12(17-13)9-4-2-1-3-5-9/h1-5,7,10-13H,6,8H2/t10-,11?,12?,13+/m0/s1. The Kier molecular flexibility index (Phi) is 2.93. The number of hydrogen-bond donors (Lipinski definition) is 0. The second-order valence-corrected chi connectivity index (χ2v) is 4.34. The SMILES string of the molecule is O=CC[C@H]1CO[C@@H]2OC(c3ccccc3)OC12. The number of benzene rings is 1. The summed E-state index contributed by atoms with van der Waals surface area (Å²) in [5.41, 5.74) is 0.982. The highest BCUT2D eigenvalue weighted by molar-refractivity contribution is 5.50. The van der Waals surface area contributed by atoms with Crippen LogP contribution in [-0.4, -0.2) is 25.3 Å². The van der Waals surface area contributed by atoms with Gasteiger partial charge in [0.1, 0.15) is 12.4 Å². The molecule has 0 bridgehead atoms. The molecule has 3 rings (SSSR count). The average Bonchev–Trinajstić information content (AvgIpc) is 2.93. The van der Waals surface area contributed by atoms with Crippen molar-refractivity contribution in [2.24, 2.45) is 5.92 Å². The van der Waals surface area contributed by atoms with E-state index in [1.807, 2.05) is 30.3 Å². The molecule has 2 aliphatic rings. The third kappa shape index (κ3) is 1.99. The molecule has 0 N–H and O–H groups in total. The summed E-state index contributed by atoms with van der Waals surface area (Å²) < 4.78 is 17.0. The number of rotatable bonds is 3. The molecule has 2 heterocycles. The van der Waals surface area contributed by atoms with Crippen LogP contribution >= 0.6 is 0 Å². The van der Waals surface area contributed by atoms with E-state index in [1.54, 1.807) is 0 Å². The van der Waals surface area contributed by atoms with Gasteiger partial charge in [0.2, 0.25) is 0 Å². The van der Waals surface area contributed by atoms with Crippen molar-refractivity contribution in [3.05, 3.63) is 35.9 Å². The van der Waals surface area contributed by atoms with E-state index in [-0.39, 0.29) is 24.6 Å². The maximum Gasteiger partial charge on any atom is 0.187 e. The minimum atomic E-state index is -0.374. The molecule has 0 saturated carbocycles. The highest BCUT2D eigenvalue weighted by atomic mass is 16.8. The van der Waals surface area contributed by atoms with Crippen LogP contribution in [0.4, 0.5) is 0 Å². The minimum Gasteiger partial charge on any atom is -0.349 e. The van der Waals surface area contributed by atoms with Gasteiger partial charge in [0.25, 0.3) is 0 Å². The van der Waals surface area contributed by atoms with Crippen molar-refractivity contribution in [1.82, 2.24) is 0 Å². The summed E-state index contributed by atoms with van der Waals surface area (Å²) in [6.07, 6.45) is 0.554. The molecule has 0 spiro atoms. The number of carbonyl (C=O) groups excluding carboxylic acids is 1. The quantitative estimate of drug-likeness (QED) is 0.746. The van der Waals surface area contributed by atoms with Gasteiger partial charge in [-0.15, -0.1) is 0 Å². The maximum absolute atomic E-state index is 10.5. The van der Waals surface area contributed by atoms with Crippen molar-refractivity contribution in [2.75, 3.05) is 6.61 Å². The maximum atomic E-state index is 10.5. The molecule has 0 aliphatic carbocycles. The molecular weight excluding hydrogens is 220 g/mol. The van der Waals surface area contributed by atoms with Gasteiger partial charge in [-0.2, -0.15) is 0 Å². The minimum absolute atomic E-state index is 0.117. The topological polar surface area (TPSA) is 44.8 Å². The third-order valence-corrected chi connectivity index (χ3v) is 3.22. The number of carbonyl (C=O) groups is 1. The van der Waals surface area contributed by atoms with E-state index in [1.165, 1.54) is 0 Å². The van der Waals surface area contributed by atoms with Gasteiger partial charge in [0.05, 0.1) is 6.61 Å². The Morgan fingerprint density at radius 2 is 2.06 bits per heavy atom. The molecule has 1 aromatic rings. The molecule has 2 aliphatic heterocycles. The van der Waals surface area contributed by atoms with E-state index < -0.39 is 0 Å². The molecule has 2 saturated heterocycles. The highest BCUT2D eigenvalue weighted by Gasteiger charge is 2.46. The van der Waals surface area contributed by atoms with E-state index in [0.717, 1.165) is 11.8 Å². The van der Waals surface area contributed by atoms with E-state index in [4.69, 9.17) is 14.2 Å². The molecule has 4 heteroatoms. The van der Waals surface area contributed by atoms with Crippen molar-refractivity contribution in [3.63, 3.8) is 0 Å². The largest absolute Gasteiger partial charge is 0.349 e. The first-order chi connectivity index (χ1) is 8.38. The second kappa shape index (κ2) is 4.56. The summed E-state index contributed by atoms with van der Waals surface area (Å²) in [6, 6.07) is 9.76. The second-order valence-electron chi connectivity index (χ2n) is 4.34. The van der Waals surface area contributed by atoms with Crippen LogP contribution in [0.15, 0.2) is 30.3 Å². The zero-order chi connectivity index (χ0) is 11.7. The van der Waals surface area contributed by atoms with Crippen molar-refractivity contribution in [2.45, 2.75) is 25.1 Å². The van der Waals surface area contributed by atoms with Crippen molar-refractivity contribution < 1.29 is 19.0 Å². The van der Waals surface area contributed by atoms with Crippen LogP contribution in [0.2, 0.25) is 0 Å². The molecule has 0 radical (unpaired) electrons. The normalized spacial score (nSPS) is 35.8. The first-order valence-electron chi connectivity index (χ1n) is 5.79. The Bertz CT molecular complexity index is 392. The molecule has 1 aromatic carbocycles. The lowest BCUT2D eigenvalue weighted by atomic mass is 10.0. The molecule has 4 nitrogen and oxygen atoms in total. The van der Waals surface area contributed by atoms with Gasteiger partial charge < -0.3 is 19.0 Å². The fraction of sp³-hybridized carbons (Fsp3) is 0.462. The number of fused-ring (bicyclic) bond motifs is 1. The first kappa shape index (κ1) is 10.9. The van der Waals surface area contributed by atoms with E-state index in [2.05, 4.69) is 0 Å². The predicted octanol–water partition coefficient (Wildman–Crippen LogP) is 1.66. The Labute approximate surface area is 99.5 Å². The van der Waals surface area contributed by atoms with Crippen LogP contribution in [0.3, 0.4) is 0 Å². The van der Waals surface area contributed by atoms with Crippen LogP contribution in [-0.2, 0) is 19.0 Å². The molecule has 0 aromatic heterocycles. The first-order valence-corrected chi connectivity index (χ1v) is 5.79. The van der Waals surface area contributed by atoms with Crippen LogP contribution in [0.5, 0.6) is 0 Å². The molecule has 0 amide bonds. The van der Waals surface area contributed by atoms with Crippen LogP contribution in [0, 0.1) is 5.92 Å². The lowest BCUT2D eigenvalue weighted by molar-refractivity contribution is -0.145. The molecule has 2 unspecified atom stereocenters. The molecule has 17 heavy (non-hydrogen) atoms. The molecular formula is C13H14O4. The summed E-state index contributed by atoms with van der Waals surface area (Å²) in [7, 11) is 0. The Morgan fingerprint density at radius 3 is 2.82 bits per heavy atom. The molecule has 90 valence electrons. The Hall–Kier alpha value is -1.23. The van der Waals surface area contributed by atoms with Gasteiger partial charge in [-0.1, -0.05) is 30.3 Å². The van der Waals surface area contributed by atoms with E-state index in [9.17, 15) is 4.79 Å². The number of ether oxygens (including phenoxy) is 3. The summed E-state index contributed by atoms with van der Waals surface area (Å²) in [6.45, 7) is 0.537. The number of aldehydes is 1. The molecule has 4 atom stereocenters. The van der Waals surface area contributed by atoms with Gasteiger partial charge in [-0.25, -0.2) is 0 Å². The lowest BCUT2D eigenvalue weighted by Crippen LogP contribution is -2.23. The fourth-order valence-electron chi connectivity index (χ4n) is 2.31. The lowest BCUT2D eigenvalue weighted by Gasteiger charge is -2.14. The predicted molar refractivity (Wildman–Crippen MR) is 59.1 cm³/mol. The summed E-state index contributed by atoms with van der Waals surface area (Å²) >= 11 is 0. The van der Waals surface area contributed by atoms with Crippen LogP contribution in [0.1, 0.15) is 18.3 Å². The van der Waals surface area contributed by atoms with Gasteiger partial charge >= 0.3 is 0 Å². The van der Waals surface area contributed by atoms with Crippen LogP contribution in [0.25, 0.3) is 0 Å². The third-order valence-electron chi connectivity index (χ3n) is 3.22. The van der Waals surface area contributed by atoms with Gasteiger partial charge in [0, 0.05) is 17.9 Å². The highest BCUT2D eigenvalue weighted by Crippen LogP contribution is 2.39. The van der Waals surface area contributed by atoms with Crippen LogP contribution < -0.4 is 0 Å². The average molecular weight is 234 g/mol. The Morgan fingerprint density at radius 1 is 1.24 bits per heavy atom. The zero-order valence-corrected chi connectivity index (χ0v) is 9.32. The van der Waals surface area contributed by atoms with E-state index >= 15 is 0 Å². The fourth-order valence-corrected chi connectivity index (χ4v) is 2.31. The van der Waals surface area contributed by atoms with Gasteiger partial charge in [0.15, 0.2) is 12.6 Å². The van der Waals surface area contributed by atoms with E-state index in [0.29, 0.717) is 13.0 Å². The van der Waals surface area contributed by atoms with Crippen molar-refractivity contribution in [3.8, 4) is 0 Å². The smallest absolute Gasteiger partial charge is 0.187 e. The van der Waals surface area contributed by atoms with Crippen molar-refractivity contribution in [1.29, 1.82) is 0 Å². The summed E-state index contributed by atoms with van der Waals surface area (Å²) in [4.78, 5) is 10.5. The summed E-state index contributed by atoms with van der Waals surface area (Å²) in [5.74, 6) is 0.117. The number of hydrogen-bond acceptors (Lipinski definition) is 4. The van der Waals surface area contributed by atoms with Crippen molar-refractivity contribution >= 4 is 6.29 Å². The monoisotopic (exact) mass is 234 g/mol. The molecule has 2 fully saturated rings.